The molecule has 1 aromatic rings. The lowest BCUT2D eigenvalue weighted by Gasteiger charge is -2.24. The summed E-state index contributed by atoms with van der Waals surface area (Å²) in [7, 11) is 0. The van der Waals surface area contributed by atoms with Crippen molar-refractivity contribution in [1.82, 2.24) is 5.32 Å². The van der Waals surface area contributed by atoms with Crippen molar-refractivity contribution in [3.05, 3.63) is 46.6 Å². The second-order valence-electron chi connectivity index (χ2n) is 4.72. The molecule has 0 bridgehead atoms. The highest BCUT2D eigenvalue weighted by Gasteiger charge is 2.42. The molecular formula is C14H11ClF3NO2. The Balaban J connectivity index is 2.14. The fraction of sp³-hybridized carbons (Fsp3) is 0.286. The van der Waals surface area contributed by atoms with Crippen LogP contribution in [-0.4, -0.2) is 17.9 Å². The van der Waals surface area contributed by atoms with E-state index in [1.807, 2.05) is 0 Å². The third-order valence-electron chi connectivity index (χ3n) is 3.10. The summed E-state index contributed by atoms with van der Waals surface area (Å²) in [5.74, 6) is -3.06. The zero-order chi connectivity index (χ0) is 15.6. The van der Waals surface area contributed by atoms with E-state index < -0.39 is 36.6 Å². The number of hydrogen-bond acceptors (Lipinski definition) is 2. The number of hydrogen-bond donors (Lipinski definition) is 1. The SMILES string of the molecule is O=C1C=C(NC(=O)c2ccccc2Cl)CC(C(F)(F)F)C1. The summed E-state index contributed by atoms with van der Waals surface area (Å²) in [6, 6.07) is 6.15. The molecule has 1 unspecified atom stereocenters. The molecule has 0 radical (unpaired) electrons. The largest absolute Gasteiger partial charge is 0.392 e. The Hall–Kier alpha value is -1.82. The van der Waals surface area contributed by atoms with Crippen LogP contribution in [0, 0.1) is 5.92 Å². The number of benzene rings is 1. The van der Waals surface area contributed by atoms with Gasteiger partial charge in [0, 0.05) is 18.2 Å². The maximum absolute atomic E-state index is 12.7. The normalized spacial score (nSPS) is 19.1. The van der Waals surface area contributed by atoms with E-state index in [-0.39, 0.29) is 16.3 Å². The minimum Gasteiger partial charge on any atom is -0.326 e. The predicted molar refractivity (Wildman–Crippen MR) is 70.8 cm³/mol. The van der Waals surface area contributed by atoms with Crippen molar-refractivity contribution in [2.24, 2.45) is 5.92 Å². The first-order valence-corrected chi connectivity index (χ1v) is 6.51. The van der Waals surface area contributed by atoms with Crippen LogP contribution in [0.4, 0.5) is 13.2 Å². The van der Waals surface area contributed by atoms with Crippen molar-refractivity contribution in [2.75, 3.05) is 0 Å². The number of alkyl halides is 3. The van der Waals surface area contributed by atoms with E-state index in [1.54, 1.807) is 12.1 Å². The minimum atomic E-state index is -4.47. The third kappa shape index (κ3) is 3.85. The number of rotatable bonds is 2. The predicted octanol–water partition coefficient (Wildman–Crippen LogP) is 3.50. The van der Waals surface area contributed by atoms with Crippen LogP contribution < -0.4 is 5.32 Å². The van der Waals surface area contributed by atoms with Crippen molar-refractivity contribution in [3.8, 4) is 0 Å². The summed E-state index contributed by atoms with van der Waals surface area (Å²) in [5.41, 5.74) is 0.0974. The lowest BCUT2D eigenvalue weighted by atomic mass is 9.90. The first-order valence-electron chi connectivity index (χ1n) is 6.13. The Kier molecular flexibility index (Phi) is 4.37. The Morgan fingerprint density at radius 3 is 2.52 bits per heavy atom. The van der Waals surface area contributed by atoms with E-state index >= 15 is 0 Å². The highest BCUT2D eigenvalue weighted by atomic mass is 35.5. The molecule has 0 fully saturated rings. The third-order valence-corrected chi connectivity index (χ3v) is 3.43. The van der Waals surface area contributed by atoms with Gasteiger partial charge in [-0.05, 0) is 18.6 Å². The average molecular weight is 318 g/mol. The number of carbonyl (C=O) groups excluding carboxylic acids is 2. The van der Waals surface area contributed by atoms with E-state index in [1.165, 1.54) is 12.1 Å². The van der Waals surface area contributed by atoms with Crippen LogP contribution >= 0.6 is 11.6 Å². The summed E-state index contributed by atoms with van der Waals surface area (Å²) in [5, 5.41) is 2.51. The van der Waals surface area contributed by atoms with Gasteiger partial charge >= 0.3 is 6.18 Å². The fourth-order valence-electron chi connectivity index (χ4n) is 2.07. The Morgan fingerprint density at radius 2 is 1.90 bits per heavy atom. The standard InChI is InChI=1S/C14H11ClF3NO2/c15-12-4-2-1-3-11(12)13(21)19-9-5-8(14(16,17)18)6-10(20)7-9/h1-4,7-8H,5-6H2,(H,19,21). The van der Waals surface area contributed by atoms with Gasteiger partial charge < -0.3 is 5.32 Å². The lowest BCUT2D eigenvalue weighted by Crippen LogP contribution is -2.33. The molecule has 7 heteroatoms. The second kappa shape index (κ2) is 5.89. The van der Waals surface area contributed by atoms with Crippen LogP contribution in [0.1, 0.15) is 23.2 Å². The van der Waals surface area contributed by atoms with Crippen molar-refractivity contribution in [2.45, 2.75) is 19.0 Å². The monoisotopic (exact) mass is 317 g/mol. The average Bonchev–Trinajstić information content (AvgIpc) is 2.37. The molecule has 0 spiro atoms. The fourth-order valence-corrected chi connectivity index (χ4v) is 2.29. The molecule has 1 atom stereocenters. The van der Waals surface area contributed by atoms with Crippen LogP contribution in [0.25, 0.3) is 0 Å². The van der Waals surface area contributed by atoms with Gasteiger partial charge in [-0.1, -0.05) is 23.7 Å². The lowest BCUT2D eigenvalue weighted by molar-refractivity contribution is -0.178. The van der Waals surface area contributed by atoms with Gasteiger partial charge in [-0.15, -0.1) is 0 Å². The Morgan fingerprint density at radius 1 is 1.24 bits per heavy atom. The number of halogens is 4. The zero-order valence-corrected chi connectivity index (χ0v) is 11.5. The highest BCUT2D eigenvalue weighted by Crippen LogP contribution is 2.35. The molecule has 1 N–H and O–H groups in total. The first kappa shape index (κ1) is 15.6. The highest BCUT2D eigenvalue weighted by molar-refractivity contribution is 6.33. The van der Waals surface area contributed by atoms with Gasteiger partial charge in [-0.2, -0.15) is 13.2 Å². The molecule has 21 heavy (non-hydrogen) atoms. The molecule has 0 aromatic heterocycles. The summed E-state index contributed by atoms with van der Waals surface area (Å²) in [4.78, 5) is 23.3. The molecular weight excluding hydrogens is 307 g/mol. The zero-order valence-electron chi connectivity index (χ0n) is 10.7. The van der Waals surface area contributed by atoms with Gasteiger partial charge in [0.15, 0.2) is 5.78 Å². The number of nitrogens with one attached hydrogen (secondary N) is 1. The van der Waals surface area contributed by atoms with Crippen LogP contribution in [0.3, 0.4) is 0 Å². The van der Waals surface area contributed by atoms with Gasteiger partial charge in [0.2, 0.25) is 0 Å². The van der Waals surface area contributed by atoms with E-state index in [2.05, 4.69) is 5.32 Å². The van der Waals surface area contributed by atoms with E-state index in [9.17, 15) is 22.8 Å². The van der Waals surface area contributed by atoms with Crippen LogP contribution in [0.5, 0.6) is 0 Å². The second-order valence-corrected chi connectivity index (χ2v) is 5.12. The first-order chi connectivity index (χ1) is 9.77. The van der Waals surface area contributed by atoms with Crippen molar-refractivity contribution in [1.29, 1.82) is 0 Å². The molecule has 112 valence electrons. The number of carbonyl (C=O) groups is 2. The number of amides is 1. The molecule has 1 aliphatic carbocycles. The van der Waals surface area contributed by atoms with Crippen LogP contribution in [0.2, 0.25) is 5.02 Å². The number of allylic oxidation sites excluding steroid dienone is 2. The molecule has 2 rings (SSSR count). The summed E-state index contributed by atoms with van der Waals surface area (Å²) in [6.45, 7) is 0. The van der Waals surface area contributed by atoms with Gasteiger partial charge in [-0.3, -0.25) is 9.59 Å². The molecule has 0 saturated carbocycles. The van der Waals surface area contributed by atoms with E-state index in [0.717, 1.165) is 6.08 Å². The Bertz CT molecular complexity index is 610. The molecule has 3 nitrogen and oxygen atoms in total. The number of ketones is 1. The van der Waals surface area contributed by atoms with Gasteiger partial charge in [0.25, 0.3) is 5.91 Å². The smallest absolute Gasteiger partial charge is 0.326 e. The maximum Gasteiger partial charge on any atom is 0.392 e. The van der Waals surface area contributed by atoms with E-state index in [0.29, 0.717) is 0 Å². The van der Waals surface area contributed by atoms with Gasteiger partial charge in [0.1, 0.15) is 0 Å². The maximum atomic E-state index is 12.7. The summed E-state index contributed by atoms with van der Waals surface area (Å²) < 4.78 is 38.1. The van der Waals surface area contributed by atoms with Crippen molar-refractivity contribution in [3.63, 3.8) is 0 Å². The molecule has 0 saturated heterocycles. The van der Waals surface area contributed by atoms with Crippen molar-refractivity contribution < 1.29 is 22.8 Å². The molecule has 1 aliphatic rings. The summed E-state index contributed by atoms with van der Waals surface area (Å²) >= 11 is 5.84. The molecule has 0 heterocycles. The van der Waals surface area contributed by atoms with Gasteiger partial charge in [0.05, 0.1) is 16.5 Å². The minimum absolute atomic E-state index is 0.0431. The van der Waals surface area contributed by atoms with Gasteiger partial charge in [-0.25, -0.2) is 0 Å². The topological polar surface area (TPSA) is 46.2 Å². The van der Waals surface area contributed by atoms with Crippen LogP contribution in [0.15, 0.2) is 36.0 Å². The molecule has 1 aromatic carbocycles. The van der Waals surface area contributed by atoms with Crippen LogP contribution in [-0.2, 0) is 4.79 Å². The van der Waals surface area contributed by atoms with Crippen molar-refractivity contribution >= 4 is 23.3 Å². The summed E-state index contributed by atoms with van der Waals surface area (Å²) in [6.07, 6.45) is -4.44. The Labute approximate surface area is 123 Å². The molecule has 1 amide bonds. The van der Waals surface area contributed by atoms with E-state index in [4.69, 9.17) is 11.6 Å². The quantitative estimate of drug-likeness (QED) is 0.907. The molecule has 0 aliphatic heterocycles.